The summed E-state index contributed by atoms with van der Waals surface area (Å²) in [5.41, 5.74) is 2.07. The minimum Gasteiger partial charge on any atom is -0.455 e. The van der Waals surface area contributed by atoms with Crippen molar-refractivity contribution in [2.75, 3.05) is 6.54 Å². The second kappa shape index (κ2) is 9.02. The molecule has 0 fully saturated rings. The molecule has 0 radical (unpaired) electrons. The van der Waals surface area contributed by atoms with Crippen molar-refractivity contribution in [2.24, 2.45) is 0 Å². The first-order chi connectivity index (χ1) is 13.0. The van der Waals surface area contributed by atoms with Crippen LogP contribution in [0, 0.1) is 6.92 Å². The van der Waals surface area contributed by atoms with Gasteiger partial charge in [0, 0.05) is 16.5 Å². The maximum Gasteiger partial charge on any atom is 0.287 e. The maximum atomic E-state index is 12.5. The van der Waals surface area contributed by atoms with Crippen LogP contribution in [-0.2, 0) is 23.0 Å². The molecular formula is C21H20ClNO3S. The number of aryl methyl sites for hydroxylation is 1. The van der Waals surface area contributed by atoms with Crippen LogP contribution in [0.5, 0.6) is 0 Å². The van der Waals surface area contributed by atoms with Crippen molar-refractivity contribution in [2.45, 2.75) is 24.0 Å². The van der Waals surface area contributed by atoms with Crippen LogP contribution in [0.2, 0.25) is 5.02 Å². The van der Waals surface area contributed by atoms with Crippen molar-refractivity contribution >= 4 is 28.3 Å². The zero-order chi connectivity index (χ0) is 19.2. The molecule has 1 atom stereocenters. The molecule has 0 saturated carbocycles. The summed E-state index contributed by atoms with van der Waals surface area (Å²) in [7, 11) is -1.21. The topological polar surface area (TPSA) is 59.3 Å². The second-order valence-corrected chi connectivity index (χ2v) is 8.01. The van der Waals surface area contributed by atoms with E-state index in [1.54, 1.807) is 12.1 Å². The Morgan fingerprint density at radius 2 is 1.81 bits per heavy atom. The van der Waals surface area contributed by atoms with E-state index in [-0.39, 0.29) is 17.4 Å². The van der Waals surface area contributed by atoms with E-state index < -0.39 is 10.8 Å². The summed E-state index contributed by atoms with van der Waals surface area (Å²) >= 11 is 5.86. The molecule has 1 N–H and O–H groups in total. The first-order valence-electron chi connectivity index (χ1n) is 8.58. The van der Waals surface area contributed by atoms with Crippen LogP contribution in [0.25, 0.3) is 0 Å². The van der Waals surface area contributed by atoms with Gasteiger partial charge in [-0.05, 0) is 54.8 Å². The molecule has 27 heavy (non-hydrogen) atoms. The highest BCUT2D eigenvalue weighted by molar-refractivity contribution is 7.84. The van der Waals surface area contributed by atoms with Gasteiger partial charge in [-0.1, -0.05) is 41.9 Å². The van der Waals surface area contributed by atoms with Gasteiger partial charge in [-0.25, -0.2) is 0 Å². The van der Waals surface area contributed by atoms with Crippen LogP contribution < -0.4 is 5.32 Å². The van der Waals surface area contributed by atoms with E-state index in [0.29, 0.717) is 23.7 Å². The molecule has 3 aromatic rings. The highest BCUT2D eigenvalue weighted by atomic mass is 35.5. The summed E-state index contributed by atoms with van der Waals surface area (Å²) in [5, 5.41) is 3.52. The Labute approximate surface area is 166 Å². The van der Waals surface area contributed by atoms with Gasteiger partial charge in [0.05, 0.1) is 16.6 Å². The number of carbonyl (C=O) groups excluding carboxylic acids is 1. The standard InChI is InChI=1S/C21H20ClNO3S/c1-15-4-2-3-5-20(15)27(25)14-18-10-11-19(26-18)21(24)23-13-12-16-6-8-17(22)9-7-16/h2-11H,12-14H2,1H3,(H,23,24). The van der Waals surface area contributed by atoms with Crippen molar-refractivity contribution in [3.8, 4) is 0 Å². The Balaban J connectivity index is 1.53. The van der Waals surface area contributed by atoms with Crippen LogP contribution in [-0.4, -0.2) is 16.7 Å². The monoisotopic (exact) mass is 401 g/mol. The molecule has 0 spiro atoms. The number of benzene rings is 2. The molecule has 6 heteroatoms. The first-order valence-corrected chi connectivity index (χ1v) is 10.3. The largest absolute Gasteiger partial charge is 0.455 e. The van der Waals surface area contributed by atoms with E-state index in [2.05, 4.69) is 5.32 Å². The molecule has 1 unspecified atom stereocenters. The highest BCUT2D eigenvalue weighted by Gasteiger charge is 2.14. The molecule has 1 aromatic heterocycles. The molecule has 0 aliphatic heterocycles. The Morgan fingerprint density at radius 1 is 1.07 bits per heavy atom. The van der Waals surface area contributed by atoms with Gasteiger partial charge < -0.3 is 9.73 Å². The molecule has 1 heterocycles. The molecular weight excluding hydrogens is 382 g/mol. The minimum absolute atomic E-state index is 0.225. The van der Waals surface area contributed by atoms with E-state index in [4.69, 9.17) is 16.0 Å². The van der Waals surface area contributed by atoms with Crippen molar-refractivity contribution in [1.29, 1.82) is 0 Å². The number of amides is 1. The van der Waals surface area contributed by atoms with Crippen LogP contribution in [0.4, 0.5) is 0 Å². The van der Waals surface area contributed by atoms with E-state index in [9.17, 15) is 9.00 Å². The van der Waals surface area contributed by atoms with Gasteiger partial charge in [-0.15, -0.1) is 0 Å². The van der Waals surface area contributed by atoms with Crippen molar-refractivity contribution < 1.29 is 13.4 Å². The number of nitrogens with one attached hydrogen (secondary N) is 1. The number of rotatable bonds is 7. The van der Waals surface area contributed by atoms with E-state index in [1.807, 2.05) is 55.5 Å². The van der Waals surface area contributed by atoms with E-state index >= 15 is 0 Å². The van der Waals surface area contributed by atoms with Crippen molar-refractivity contribution in [1.82, 2.24) is 5.32 Å². The third-order valence-electron chi connectivity index (χ3n) is 4.11. The smallest absolute Gasteiger partial charge is 0.287 e. The number of carbonyl (C=O) groups is 1. The zero-order valence-corrected chi connectivity index (χ0v) is 16.5. The van der Waals surface area contributed by atoms with Crippen molar-refractivity contribution in [3.05, 3.63) is 88.3 Å². The number of hydrogen-bond donors (Lipinski definition) is 1. The number of hydrogen-bond acceptors (Lipinski definition) is 3. The second-order valence-electron chi connectivity index (χ2n) is 6.15. The lowest BCUT2D eigenvalue weighted by Gasteiger charge is -2.05. The van der Waals surface area contributed by atoms with Crippen LogP contribution in [0.3, 0.4) is 0 Å². The van der Waals surface area contributed by atoms with Crippen LogP contribution in [0.1, 0.15) is 27.4 Å². The normalized spacial score (nSPS) is 11.9. The summed E-state index contributed by atoms with van der Waals surface area (Å²) < 4.78 is 18.1. The van der Waals surface area contributed by atoms with Crippen LogP contribution >= 0.6 is 11.6 Å². The lowest BCUT2D eigenvalue weighted by atomic mass is 10.1. The molecule has 2 aromatic carbocycles. The fourth-order valence-electron chi connectivity index (χ4n) is 2.65. The number of furan rings is 1. The molecule has 0 aliphatic carbocycles. The summed E-state index contributed by atoms with van der Waals surface area (Å²) in [6, 6.07) is 18.4. The zero-order valence-electron chi connectivity index (χ0n) is 14.9. The molecule has 4 nitrogen and oxygen atoms in total. The van der Waals surface area contributed by atoms with Gasteiger partial charge in [0.2, 0.25) is 0 Å². The predicted molar refractivity (Wildman–Crippen MR) is 107 cm³/mol. The lowest BCUT2D eigenvalue weighted by Crippen LogP contribution is -2.25. The van der Waals surface area contributed by atoms with Gasteiger partial charge in [-0.2, -0.15) is 0 Å². The van der Waals surface area contributed by atoms with Crippen molar-refractivity contribution in [3.63, 3.8) is 0 Å². The summed E-state index contributed by atoms with van der Waals surface area (Å²) in [6.07, 6.45) is 0.702. The van der Waals surface area contributed by atoms with Gasteiger partial charge in [0.1, 0.15) is 5.76 Å². The molecule has 1 amide bonds. The Morgan fingerprint density at radius 3 is 2.56 bits per heavy atom. The molecule has 3 rings (SSSR count). The Kier molecular flexibility index (Phi) is 6.48. The molecule has 0 saturated heterocycles. The highest BCUT2D eigenvalue weighted by Crippen LogP contribution is 2.18. The fraction of sp³-hybridized carbons (Fsp3) is 0.190. The van der Waals surface area contributed by atoms with E-state index in [1.165, 1.54) is 0 Å². The van der Waals surface area contributed by atoms with E-state index in [0.717, 1.165) is 16.0 Å². The third-order valence-corrected chi connectivity index (χ3v) is 5.86. The SMILES string of the molecule is Cc1ccccc1S(=O)Cc1ccc(C(=O)NCCc2ccc(Cl)cc2)o1. The maximum absolute atomic E-state index is 12.5. The Hall–Kier alpha value is -2.37. The molecule has 140 valence electrons. The van der Waals surface area contributed by atoms with Gasteiger partial charge in [-0.3, -0.25) is 9.00 Å². The number of halogens is 1. The van der Waals surface area contributed by atoms with Gasteiger partial charge in [0.25, 0.3) is 5.91 Å². The average molecular weight is 402 g/mol. The minimum atomic E-state index is -1.21. The van der Waals surface area contributed by atoms with Crippen LogP contribution in [0.15, 0.2) is 70.0 Å². The third kappa shape index (κ3) is 5.31. The Bertz CT molecular complexity index is 950. The first kappa shape index (κ1) is 19.4. The van der Waals surface area contributed by atoms with Gasteiger partial charge in [0.15, 0.2) is 5.76 Å². The summed E-state index contributed by atoms with van der Waals surface area (Å²) in [5.74, 6) is 0.710. The summed E-state index contributed by atoms with van der Waals surface area (Å²) in [4.78, 5) is 13.0. The van der Waals surface area contributed by atoms with Gasteiger partial charge >= 0.3 is 0 Å². The average Bonchev–Trinajstić information content (AvgIpc) is 3.12. The molecule has 0 bridgehead atoms. The summed E-state index contributed by atoms with van der Waals surface area (Å²) in [6.45, 7) is 2.42. The quantitative estimate of drug-likeness (QED) is 0.633. The molecule has 0 aliphatic rings. The lowest BCUT2D eigenvalue weighted by molar-refractivity contribution is 0.0925. The fourth-order valence-corrected chi connectivity index (χ4v) is 4.01. The predicted octanol–water partition coefficient (Wildman–Crippen LogP) is 4.52.